The van der Waals surface area contributed by atoms with Gasteiger partial charge in [0.1, 0.15) is 21.6 Å². The van der Waals surface area contributed by atoms with Gasteiger partial charge in [0.2, 0.25) is 0 Å². The van der Waals surface area contributed by atoms with Gasteiger partial charge in [-0.25, -0.2) is 9.37 Å². The molecule has 0 atom stereocenters. The Labute approximate surface area is 230 Å². The van der Waals surface area contributed by atoms with Crippen molar-refractivity contribution in [2.75, 3.05) is 42.5 Å². The number of unbranched alkanes of at least 4 members (excludes halogenated alkanes) is 3. The molecule has 1 aromatic carbocycles. The number of hydrogen-bond acceptors (Lipinski definition) is 7. The van der Waals surface area contributed by atoms with Crippen LogP contribution in [0.15, 0.2) is 58.4 Å². The van der Waals surface area contributed by atoms with Gasteiger partial charge in [0.05, 0.1) is 10.5 Å². The Bertz CT molecular complexity index is 1430. The number of pyridine rings is 1. The molecule has 0 bridgehead atoms. The monoisotopic (exact) mass is 551 g/mol. The van der Waals surface area contributed by atoms with Crippen LogP contribution in [-0.2, 0) is 4.79 Å². The predicted molar refractivity (Wildman–Crippen MR) is 156 cm³/mol. The second kappa shape index (κ2) is 11.7. The molecular formula is C28H30FN5O2S2. The lowest BCUT2D eigenvalue weighted by atomic mass is 10.2. The number of halogens is 1. The third-order valence-electron chi connectivity index (χ3n) is 6.90. The maximum absolute atomic E-state index is 13.6. The van der Waals surface area contributed by atoms with Crippen molar-refractivity contribution < 1.29 is 9.18 Å². The Morgan fingerprint density at radius 2 is 1.74 bits per heavy atom. The highest BCUT2D eigenvalue weighted by Gasteiger charge is 2.33. The van der Waals surface area contributed by atoms with Crippen molar-refractivity contribution in [3.8, 4) is 0 Å². The summed E-state index contributed by atoms with van der Waals surface area (Å²) in [4.78, 5) is 38.1. The van der Waals surface area contributed by atoms with Crippen LogP contribution in [-0.4, -0.2) is 57.2 Å². The van der Waals surface area contributed by atoms with Crippen LogP contribution in [0.25, 0.3) is 11.7 Å². The second-order valence-electron chi connectivity index (χ2n) is 9.43. The SMILES string of the molecule is CCCCCCN1C(=O)C(=Cc2c(N3CCN(c4ccc(F)cc4)CC3)nc3ccccn3c2=O)SC1=S. The lowest BCUT2D eigenvalue weighted by molar-refractivity contribution is -0.122. The summed E-state index contributed by atoms with van der Waals surface area (Å²) in [6, 6.07) is 11.9. The first-order valence-corrected chi connectivity index (χ1v) is 14.2. The smallest absolute Gasteiger partial charge is 0.267 e. The van der Waals surface area contributed by atoms with Crippen LogP contribution in [0.2, 0.25) is 0 Å². The summed E-state index contributed by atoms with van der Waals surface area (Å²) in [5, 5.41) is 0. The summed E-state index contributed by atoms with van der Waals surface area (Å²) >= 11 is 6.76. The minimum Gasteiger partial charge on any atom is -0.368 e. The highest BCUT2D eigenvalue weighted by Crippen LogP contribution is 2.34. The quantitative estimate of drug-likeness (QED) is 0.223. The fraction of sp³-hybridized carbons (Fsp3) is 0.357. The van der Waals surface area contributed by atoms with Gasteiger partial charge in [-0.3, -0.25) is 18.9 Å². The van der Waals surface area contributed by atoms with E-state index < -0.39 is 0 Å². The molecular weight excluding hydrogens is 521 g/mol. The molecule has 0 radical (unpaired) electrons. The van der Waals surface area contributed by atoms with Crippen LogP contribution in [0.1, 0.15) is 38.2 Å². The number of thiocarbonyl (C=S) groups is 1. The molecule has 2 aliphatic rings. The number of fused-ring (bicyclic) bond motifs is 1. The van der Waals surface area contributed by atoms with Crippen LogP contribution in [0.5, 0.6) is 0 Å². The number of piperazine rings is 1. The first-order valence-electron chi connectivity index (χ1n) is 13.0. The number of benzene rings is 1. The summed E-state index contributed by atoms with van der Waals surface area (Å²) in [5.74, 6) is 0.151. The number of anilines is 2. The number of amides is 1. The normalized spacial score (nSPS) is 17.3. The molecule has 0 N–H and O–H groups in total. The first kappa shape index (κ1) is 26.4. The van der Waals surface area contributed by atoms with Crippen molar-refractivity contribution in [3.63, 3.8) is 0 Å². The van der Waals surface area contributed by atoms with Gasteiger partial charge in [-0.05, 0) is 48.9 Å². The van der Waals surface area contributed by atoms with Crippen LogP contribution in [0.3, 0.4) is 0 Å². The number of hydrogen-bond donors (Lipinski definition) is 0. The molecule has 0 spiro atoms. The van der Waals surface area contributed by atoms with Crippen molar-refractivity contribution in [3.05, 3.63) is 75.3 Å². The van der Waals surface area contributed by atoms with Crippen molar-refractivity contribution >= 4 is 57.4 Å². The number of rotatable bonds is 8. The van der Waals surface area contributed by atoms with E-state index in [1.807, 2.05) is 6.07 Å². The van der Waals surface area contributed by atoms with Gasteiger partial charge in [-0.15, -0.1) is 0 Å². The summed E-state index contributed by atoms with van der Waals surface area (Å²) in [6.45, 7) is 5.40. The lowest BCUT2D eigenvalue weighted by Gasteiger charge is -2.37. The maximum Gasteiger partial charge on any atom is 0.267 e. The van der Waals surface area contributed by atoms with Gasteiger partial charge in [-0.1, -0.05) is 56.2 Å². The number of thioether (sulfide) groups is 1. The minimum atomic E-state index is -0.260. The van der Waals surface area contributed by atoms with Crippen molar-refractivity contribution in [2.24, 2.45) is 0 Å². The van der Waals surface area contributed by atoms with Gasteiger partial charge in [0.15, 0.2) is 0 Å². The fourth-order valence-electron chi connectivity index (χ4n) is 4.81. The van der Waals surface area contributed by atoms with Crippen molar-refractivity contribution in [1.29, 1.82) is 0 Å². The van der Waals surface area contributed by atoms with Gasteiger partial charge >= 0.3 is 0 Å². The third-order valence-corrected chi connectivity index (χ3v) is 8.28. The second-order valence-corrected chi connectivity index (χ2v) is 11.1. The van der Waals surface area contributed by atoms with Gasteiger partial charge in [-0.2, -0.15) is 0 Å². The number of nitrogens with zero attached hydrogens (tertiary/aromatic N) is 5. The van der Waals surface area contributed by atoms with Crippen LogP contribution in [0, 0.1) is 5.82 Å². The summed E-state index contributed by atoms with van der Waals surface area (Å²) in [5.41, 5.74) is 1.67. The van der Waals surface area contributed by atoms with Crippen LogP contribution >= 0.6 is 24.0 Å². The minimum absolute atomic E-state index is 0.152. The van der Waals surface area contributed by atoms with E-state index in [1.165, 1.54) is 28.3 Å². The number of aromatic nitrogens is 2. The first-order chi connectivity index (χ1) is 18.5. The van der Waals surface area contributed by atoms with Gasteiger partial charge < -0.3 is 9.80 Å². The van der Waals surface area contributed by atoms with E-state index in [9.17, 15) is 14.0 Å². The Morgan fingerprint density at radius 3 is 2.47 bits per heavy atom. The zero-order chi connectivity index (χ0) is 26.6. The highest BCUT2D eigenvalue weighted by molar-refractivity contribution is 8.26. The molecule has 10 heteroatoms. The molecule has 3 aromatic rings. The molecule has 2 aliphatic heterocycles. The zero-order valence-electron chi connectivity index (χ0n) is 21.3. The molecule has 38 heavy (non-hydrogen) atoms. The lowest BCUT2D eigenvalue weighted by Crippen LogP contribution is -2.47. The molecule has 4 heterocycles. The predicted octanol–water partition coefficient (Wildman–Crippen LogP) is 4.94. The molecule has 1 amide bonds. The van der Waals surface area contributed by atoms with Gasteiger partial charge in [0.25, 0.3) is 11.5 Å². The molecule has 0 saturated carbocycles. The molecule has 2 fully saturated rings. The average Bonchev–Trinajstić information content (AvgIpc) is 3.20. The van der Waals surface area contributed by atoms with Crippen LogP contribution in [0.4, 0.5) is 15.9 Å². The molecule has 198 valence electrons. The van der Waals surface area contributed by atoms with Crippen LogP contribution < -0.4 is 15.4 Å². The zero-order valence-corrected chi connectivity index (χ0v) is 22.9. The topological polar surface area (TPSA) is 61.2 Å². The molecule has 2 saturated heterocycles. The van der Waals surface area contributed by atoms with E-state index in [2.05, 4.69) is 16.7 Å². The molecule has 2 aromatic heterocycles. The van der Waals surface area contributed by atoms with E-state index in [-0.39, 0.29) is 17.3 Å². The van der Waals surface area contributed by atoms with E-state index >= 15 is 0 Å². The maximum atomic E-state index is 13.6. The Hall–Kier alpha value is -3.24. The largest absolute Gasteiger partial charge is 0.368 e. The molecule has 0 aliphatic carbocycles. The summed E-state index contributed by atoms with van der Waals surface area (Å²) in [7, 11) is 0. The molecule has 0 unspecified atom stereocenters. The number of carbonyl (C=O) groups is 1. The van der Waals surface area contributed by atoms with E-state index in [1.54, 1.807) is 41.4 Å². The van der Waals surface area contributed by atoms with Gasteiger partial charge in [0, 0.05) is 44.6 Å². The number of carbonyl (C=O) groups excluding carboxylic acids is 1. The summed E-state index contributed by atoms with van der Waals surface area (Å²) in [6.07, 6.45) is 7.56. The Kier molecular flexibility index (Phi) is 8.09. The standard InChI is InChI=1S/C28H30FN5O2S2/c1-2-3-4-6-14-34-27(36)23(38-28(34)37)19-22-25(30-24-8-5-7-13-33(24)26(22)35)32-17-15-31(16-18-32)21-11-9-20(29)10-12-21/h5,7-13,19H,2-4,6,14-18H2,1H3. The van der Waals surface area contributed by atoms with E-state index in [0.717, 1.165) is 31.4 Å². The van der Waals surface area contributed by atoms with E-state index in [4.69, 9.17) is 17.2 Å². The Morgan fingerprint density at radius 1 is 1.00 bits per heavy atom. The third kappa shape index (κ3) is 5.47. The average molecular weight is 552 g/mol. The summed E-state index contributed by atoms with van der Waals surface area (Å²) < 4.78 is 15.4. The van der Waals surface area contributed by atoms with Crippen molar-refractivity contribution in [1.82, 2.24) is 14.3 Å². The Balaban J connectivity index is 1.44. The van der Waals surface area contributed by atoms with Crippen molar-refractivity contribution in [2.45, 2.75) is 32.6 Å². The highest BCUT2D eigenvalue weighted by atomic mass is 32.2. The molecule has 7 nitrogen and oxygen atoms in total. The van der Waals surface area contributed by atoms with E-state index in [0.29, 0.717) is 59.0 Å². The molecule has 5 rings (SSSR count). The fourth-order valence-corrected chi connectivity index (χ4v) is 6.10.